The molecule has 2 fully saturated rings. The fourth-order valence-corrected chi connectivity index (χ4v) is 4.52. The lowest BCUT2D eigenvalue weighted by Gasteiger charge is -2.31. The van der Waals surface area contributed by atoms with Gasteiger partial charge in [-0.05, 0) is 43.4 Å². The minimum Gasteiger partial charge on any atom is -0.481 e. The number of rotatable bonds is 4. The Morgan fingerprint density at radius 1 is 1.13 bits per heavy atom. The number of benzene rings is 1. The SMILES string of the molecule is CC(=O)N1C[C@@H](N)CC[C@@H](C(=O)NCC2(c3ccc(F)cc3)CCCC2)C1.CC(=O)O. The van der Waals surface area contributed by atoms with Crippen LogP contribution < -0.4 is 11.1 Å². The van der Waals surface area contributed by atoms with Crippen LogP contribution >= 0.6 is 0 Å². The van der Waals surface area contributed by atoms with E-state index in [1.54, 1.807) is 4.90 Å². The van der Waals surface area contributed by atoms with Gasteiger partial charge >= 0.3 is 0 Å². The average Bonchev–Trinajstić information content (AvgIpc) is 3.09. The molecular formula is C23H34FN3O4. The maximum Gasteiger partial charge on any atom is 0.300 e. The summed E-state index contributed by atoms with van der Waals surface area (Å²) in [5.41, 5.74) is 7.02. The van der Waals surface area contributed by atoms with E-state index in [1.807, 2.05) is 12.1 Å². The van der Waals surface area contributed by atoms with Crippen molar-refractivity contribution in [2.24, 2.45) is 11.7 Å². The van der Waals surface area contributed by atoms with Crippen LogP contribution in [0.1, 0.15) is 57.9 Å². The number of nitrogens with zero attached hydrogens (tertiary/aromatic N) is 1. The molecule has 0 aromatic heterocycles. The summed E-state index contributed by atoms with van der Waals surface area (Å²) in [6.45, 7) is 4.10. The van der Waals surface area contributed by atoms with E-state index >= 15 is 0 Å². The van der Waals surface area contributed by atoms with E-state index in [0.29, 0.717) is 26.1 Å². The topological polar surface area (TPSA) is 113 Å². The number of carboxylic acid groups (broad SMARTS) is 1. The van der Waals surface area contributed by atoms with Crippen LogP contribution in [0, 0.1) is 11.7 Å². The molecule has 1 aromatic carbocycles. The van der Waals surface area contributed by atoms with Crippen LogP contribution in [0.4, 0.5) is 4.39 Å². The Hall–Kier alpha value is -2.48. The van der Waals surface area contributed by atoms with E-state index < -0.39 is 5.97 Å². The quantitative estimate of drug-likeness (QED) is 0.672. The minimum absolute atomic E-state index is 0.0104. The number of carboxylic acids is 1. The molecule has 2 amide bonds. The largest absolute Gasteiger partial charge is 0.481 e. The van der Waals surface area contributed by atoms with Crippen molar-refractivity contribution in [1.82, 2.24) is 10.2 Å². The molecule has 7 nitrogen and oxygen atoms in total. The average molecular weight is 436 g/mol. The second-order valence-corrected chi connectivity index (χ2v) is 8.69. The molecule has 1 aromatic rings. The minimum atomic E-state index is -0.833. The highest BCUT2D eigenvalue weighted by atomic mass is 19.1. The first-order valence-corrected chi connectivity index (χ1v) is 10.9. The van der Waals surface area contributed by atoms with Gasteiger partial charge in [-0.2, -0.15) is 0 Å². The number of likely N-dealkylation sites (tertiary alicyclic amines) is 1. The third-order valence-corrected chi connectivity index (χ3v) is 6.22. The molecule has 3 rings (SSSR count). The molecule has 2 atom stereocenters. The summed E-state index contributed by atoms with van der Waals surface area (Å²) in [7, 11) is 0. The van der Waals surface area contributed by atoms with Crippen molar-refractivity contribution < 1.29 is 23.9 Å². The molecule has 4 N–H and O–H groups in total. The number of carbonyl (C=O) groups is 3. The van der Waals surface area contributed by atoms with Crippen LogP contribution in [0.15, 0.2) is 24.3 Å². The molecule has 1 heterocycles. The summed E-state index contributed by atoms with van der Waals surface area (Å²) in [5, 5.41) is 10.6. The molecule has 8 heteroatoms. The van der Waals surface area contributed by atoms with Gasteiger partial charge in [0.05, 0.1) is 5.92 Å². The third-order valence-electron chi connectivity index (χ3n) is 6.22. The van der Waals surface area contributed by atoms with E-state index in [2.05, 4.69) is 5.32 Å². The van der Waals surface area contributed by atoms with Crippen molar-refractivity contribution >= 4 is 17.8 Å². The molecule has 0 unspecified atom stereocenters. The summed E-state index contributed by atoms with van der Waals surface area (Å²) in [5.74, 6) is -1.35. The number of halogens is 1. The van der Waals surface area contributed by atoms with E-state index in [1.165, 1.54) is 19.1 Å². The number of carbonyl (C=O) groups excluding carboxylic acids is 2. The monoisotopic (exact) mass is 435 g/mol. The normalized spacial score (nSPS) is 22.6. The lowest BCUT2D eigenvalue weighted by atomic mass is 9.78. The maximum absolute atomic E-state index is 13.3. The fraction of sp³-hybridized carbons (Fsp3) is 0.609. The Bertz CT molecular complexity index is 759. The Morgan fingerprint density at radius 2 is 1.71 bits per heavy atom. The van der Waals surface area contributed by atoms with Crippen molar-refractivity contribution in [2.75, 3.05) is 19.6 Å². The number of hydrogen-bond acceptors (Lipinski definition) is 4. The van der Waals surface area contributed by atoms with Crippen LogP contribution in [0.25, 0.3) is 0 Å². The first kappa shape index (κ1) is 24.8. The zero-order chi connectivity index (χ0) is 23.0. The lowest BCUT2D eigenvalue weighted by molar-refractivity contribution is -0.134. The van der Waals surface area contributed by atoms with Gasteiger partial charge < -0.3 is 21.1 Å². The van der Waals surface area contributed by atoms with Gasteiger partial charge in [0.2, 0.25) is 11.8 Å². The van der Waals surface area contributed by atoms with Crippen molar-refractivity contribution in [3.05, 3.63) is 35.6 Å². The van der Waals surface area contributed by atoms with E-state index in [4.69, 9.17) is 15.6 Å². The Balaban J connectivity index is 0.000000785. The van der Waals surface area contributed by atoms with E-state index in [9.17, 15) is 14.0 Å². The highest BCUT2D eigenvalue weighted by molar-refractivity contribution is 5.80. The van der Waals surface area contributed by atoms with Crippen molar-refractivity contribution in [1.29, 1.82) is 0 Å². The zero-order valence-corrected chi connectivity index (χ0v) is 18.4. The summed E-state index contributed by atoms with van der Waals surface area (Å²) in [4.78, 5) is 35.4. The maximum atomic E-state index is 13.3. The predicted molar refractivity (Wildman–Crippen MR) is 116 cm³/mol. The molecule has 172 valence electrons. The van der Waals surface area contributed by atoms with Crippen LogP contribution in [-0.4, -0.2) is 53.5 Å². The lowest BCUT2D eigenvalue weighted by Crippen LogP contribution is -2.45. The highest BCUT2D eigenvalue weighted by Crippen LogP contribution is 2.40. The second-order valence-electron chi connectivity index (χ2n) is 8.69. The molecule has 1 saturated heterocycles. The van der Waals surface area contributed by atoms with Crippen molar-refractivity contribution in [2.45, 2.75) is 63.8 Å². The van der Waals surface area contributed by atoms with Gasteiger partial charge in [-0.3, -0.25) is 14.4 Å². The first-order valence-electron chi connectivity index (χ1n) is 10.9. The third kappa shape index (κ3) is 7.31. The molecule has 31 heavy (non-hydrogen) atoms. The van der Waals surface area contributed by atoms with Gasteiger partial charge in [0, 0.05) is 44.9 Å². The van der Waals surface area contributed by atoms with Gasteiger partial charge in [-0.1, -0.05) is 25.0 Å². The number of nitrogens with two attached hydrogens (primary N) is 1. The van der Waals surface area contributed by atoms with Gasteiger partial charge in [0.25, 0.3) is 5.97 Å². The van der Waals surface area contributed by atoms with E-state index in [0.717, 1.165) is 44.6 Å². The van der Waals surface area contributed by atoms with Gasteiger partial charge in [0.1, 0.15) is 5.82 Å². The van der Waals surface area contributed by atoms with Crippen molar-refractivity contribution in [3.8, 4) is 0 Å². The smallest absolute Gasteiger partial charge is 0.300 e. The van der Waals surface area contributed by atoms with E-state index in [-0.39, 0.29) is 35.0 Å². The standard InChI is InChI=1S/C21H30FN3O2.C2H4O2/c1-15(26)25-12-16(4-9-19(23)13-25)20(27)24-14-21(10-2-3-11-21)17-5-7-18(22)8-6-17;1-2(3)4/h5-8,16,19H,2-4,9-14,23H2,1H3,(H,24,27);1H3,(H,3,4)/t16-,19+;/m1./s1. The van der Waals surface area contributed by atoms with Gasteiger partial charge in [0.15, 0.2) is 0 Å². The van der Waals surface area contributed by atoms with Gasteiger partial charge in [-0.25, -0.2) is 4.39 Å². The number of aliphatic carboxylic acids is 1. The molecule has 0 bridgehead atoms. The van der Waals surface area contributed by atoms with Gasteiger partial charge in [-0.15, -0.1) is 0 Å². The van der Waals surface area contributed by atoms with Crippen LogP contribution in [0.3, 0.4) is 0 Å². The molecule has 1 aliphatic carbocycles. The number of hydrogen-bond donors (Lipinski definition) is 3. The molecule has 2 aliphatic rings. The summed E-state index contributed by atoms with van der Waals surface area (Å²) >= 11 is 0. The zero-order valence-electron chi connectivity index (χ0n) is 18.4. The van der Waals surface area contributed by atoms with Crippen LogP contribution in [-0.2, 0) is 19.8 Å². The Kier molecular flexibility index (Phi) is 8.98. The molecule has 0 spiro atoms. The van der Waals surface area contributed by atoms with Crippen LogP contribution in [0.2, 0.25) is 0 Å². The second kappa shape index (κ2) is 11.2. The molecule has 0 radical (unpaired) electrons. The summed E-state index contributed by atoms with van der Waals surface area (Å²) in [6.07, 6.45) is 5.65. The molecule has 1 saturated carbocycles. The Labute approximate surface area is 183 Å². The summed E-state index contributed by atoms with van der Waals surface area (Å²) in [6, 6.07) is 6.60. The molecule has 1 aliphatic heterocycles. The van der Waals surface area contributed by atoms with Crippen molar-refractivity contribution in [3.63, 3.8) is 0 Å². The predicted octanol–water partition coefficient (Wildman–Crippen LogP) is 2.43. The summed E-state index contributed by atoms with van der Waals surface area (Å²) < 4.78 is 13.3. The highest BCUT2D eigenvalue weighted by Gasteiger charge is 2.37. The molecular weight excluding hydrogens is 401 g/mol. The first-order chi connectivity index (χ1) is 14.6. The number of amides is 2. The number of nitrogens with one attached hydrogen (secondary N) is 1. The van der Waals surface area contributed by atoms with Crippen LogP contribution in [0.5, 0.6) is 0 Å². The fourth-order valence-electron chi connectivity index (χ4n) is 4.52. The Morgan fingerprint density at radius 3 is 2.26 bits per heavy atom.